The van der Waals surface area contributed by atoms with Crippen molar-refractivity contribution in [2.24, 2.45) is 0 Å². The fourth-order valence-corrected chi connectivity index (χ4v) is 3.37. The van der Waals surface area contributed by atoms with Crippen LogP contribution in [0.2, 0.25) is 0 Å². The molecular formula is C21H20F4. The van der Waals surface area contributed by atoms with Crippen LogP contribution in [0.3, 0.4) is 0 Å². The van der Waals surface area contributed by atoms with Crippen LogP contribution >= 0.6 is 0 Å². The van der Waals surface area contributed by atoms with E-state index in [0.29, 0.717) is 23.1 Å². The topological polar surface area (TPSA) is 0 Å². The minimum absolute atomic E-state index is 0.0605. The fourth-order valence-electron chi connectivity index (χ4n) is 3.37. The summed E-state index contributed by atoms with van der Waals surface area (Å²) in [4.78, 5) is 0. The second-order valence-electron chi connectivity index (χ2n) is 6.49. The van der Waals surface area contributed by atoms with E-state index in [0.717, 1.165) is 25.3 Å². The predicted octanol–water partition coefficient (Wildman–Crippen LogP) is 6.46. The molecule has 0 fully saturated rings. The van der Waals surface area contributed by atoms with Crippen LogP contribution in [0.5, 0.6) is 0 Å². The molecule has 3 rings (SSSR count). The molecule has 1 aliphatic rings. The first kappa shape index (κ1) is 17.7. The van der Waals surface area contributed by atoms with Crippen LogP contribution in [0.4, 0.5) is 17.6 Å². The molecule has 0 amide bonds. The summed E-state index contributed by atoms with van der Waals surface area (Å²) in [7, 11) is 0. The highest BCUT2D eigenvalue weighted by molar-refractivity contribution is 5.85. The lowest BCUT2D eigenvalue weighted by Gasteiger charge is -2.19. The highest BCUT2D eigenvalue weighted by atomic mass is 19.2. The van der Waals surface area contributed by atoms with E-state index in [2.05, 4.69) is 6.92 Å². The Morgan fingerprint density at radius 1 is 0.880 bits per heavy atom. The third-order valence-electron chi connectivity index (χ3n) is 4.70. The summed E-state index contributed by atoms with van der Waals surface area (Å²) < 4.78 is 56.1. The van der Waals surface area contributed by atoms with Crippen LogP contribution in [0.25, 0.3) is 11.6 Å². The van der Waals surface area contributed by atoms with E-state index in [9.17, 15) is 17.6 Å². The molecule has 0 atom stereocenters. The zero-order valence-electron chi connectivity index (χ0n) is 14.1. The Kier molecular flexibility index (Phi) is 5.26. The Balaban J connectivity index is 1.94. The van der Waals surface area contributed by atoms with Gasteiger partial charge in [0.2, 0.25) is 0 Å². The zero-order valence-corrected chi connectivity index (χ0v) is 14.1. The van der Waals surface area contributed by atoms with Crippen molar-refractivity contribution in [2.45, 2.75) is 45.4 Å². The number of hydrogen-bond acceptors (Lipinski definition) is 0. The van der Waals surface area contributed by atoms with Gasteiger partial charge in [0.15, 0.2) is 11.6 Å². The monoisotopic (exact) mass is 348 g/mol. The number of benzene rings is 2. The van der Waals surface area contributed by atoms with Gasteiger partial charge in [0.05, 0.1) is 0 Å². The van der Waals surface area contributed by atoms with Crippen molar-refractivity contribution in [3.63, 3.8) is 0 Å². The minimum Gasteiger partial charge on any atom is -0.206 e. The van der Waals surface area contributed by atoms with Gasteiger partial charge in [-0.3, -0.25) is 0 Å². The van der Waals surface area contributed by atoms with Crippen LogP contribution in [-0.2, 0) is 12.8 Å². The summed E-state index contributed by atoms with van der Waals surface area (Å²) in [6.07, 6.45) is 5.67. The van der Waals surface area contributed by atoms with E-state index in [4.69, 9.17) is 0 Å². The fraction of sp³-hybridized carbons (Fsp3) is 0.333. The van der Waals surface area contributed by atoms with Gasteiger partial charge in [-0.1, -0.05) is 31.9 Å². The molecular weight excluding hydrogens is 328 g/mol. The van der Waals surface area contributed by atoms with E-state index < -0.39 is 23.3 Å². The van der Waals surface area contributed by atoms with Crippen molar-refractivity contribution in [3.8, 4) is 0 Å². The Labute approximate surface area is 145 Å². The summed E-state index contributed by atoms with van der Waals surface area (Å²) >= 11 is 0. The molecule has 0 bridgehead atoms. The summed E-state index contributed by atoms with van der Waals surface area (Å²) in [5.74, 6) is -2.96. The molecule has 0 saturated heterocycles. The number of aryl methyl sites for hydroxylation is 1. The molecule has 0 heterocycles. The summed E-state index contributed by atoms with van der Waals surface area (Å²) in [6, 6.07) is 5.25. The van der Waals surface area contributed by atoms with Crippen LogP contribution in [0.1, 0.15) is 54.9 Å². The average molecular weight is 348 g/mol. The zero-order chi connectivity index (χ0) is 18.0. The quantitative estimate of drug-likeness (QED) is 0.429. The van der Waals surface area contributed by atoms with E-state index >= 15 is 0 Å². The molecule has 0 spiro atoms. The molecule has 2 aromatic carbocycles. The SMILES string of the molecule is CCCCCc1cc(F)c(C2=Cc3ccc(F)c(F)c3CC2)c(F)c1. The molecule has 0 nitrogen and oxygen atoms in total. The standard InChI is InChI=1S/C21H20F4/c1-2-3-4-5-13-10-18(23)20(19(24)11-13)15-6-8-16-14(12-15)7-9-17(22)21(16)25/h7,9-12H,2-6,8H2,1H3. The third kappa shape index (κ3) is 3.63. The van der Waals surface area contributed by atoms with E-state index in [1.54, 1.807) is 6.08 Å². The molecule has 4 heteroatoms. The maximum absolute atomic E-state index is 14.5. The van der Waals surface area contributed by atoms with Crippen molar-refractivity contribution >= 4 is 11.6 Å². The third-order valence-corrected chi connectivity index (χ3v) is 4.70. The smallest absolute Gasteiger partial charge is 0.162 e. The second-order valence-corrected chi connectivity index (χ2v) is 6.49. The Bertz CT molecular complexity index is 798. The van der Waals surface area contributed by atoms with Gasteiger partial charge in [0, 0.05) is 5.56 Å². The molecule has 2 aromatic rings. The molecule has 25 heavy (non-hydrogen) atoms. The Morgan fingerprint density at radius 3 is 2.28 bits per heavy atom. The lowest BCUT2D eigenvalue weighted by Crippen LogP contribution is -2.06. The first-order valence-electron chi connectivity index (χ1n) is 8.67. The number of halogens is 4. The van der Waals surface area contributed by atoms with Gasteiger partial charge in [-0.25, -0.2) is 17.6 Å². The first-order valence-corrected chi connectivity index (χ1v) is 8.67. The predicted molar refractivity (Wildman–Crippen MR) is 92.1 cm³/mol. The van der Waals surface area contributed by atoms with Crippen LogP contribution in [0.15, 0.2) is 24.3 Å². The Hall–Kier alpha value is -2.10. The summed E-state index contributed by atoms with van der Waals surface area (Å²) in [6.45, 7) is 2.08. The molecule has 132 valence electrons. The number of rotatable bonds is 5. The minimum atomic E-state index is -0.899. The van der Waals surface area contributed by atoms with Crippen molar-refractivity contribution in [2.75, 3.05) is 0 Å². The Morgan fingerprint density at radius 2 is 1.60 bits per heavy atom. The van der Waals surface area contributed by atoms with Crippen molar-refractivity contribution in [1.82, 2.24) is 0 Å². The molecule has 0 radical (unpaired) electrons. The summed E-state index contributed by atoms with van der Waals surface area (Å²) in [5, 5.41) is 0. The molecule has 1 aliphatic carbocycles. The van der Waals surface area contributed by atoms with Crippen molar-refractivity contribution in [1.29, 1.82) is 0 Å². The number of allylic oxidation sites excluding steroid dienone is 1. The lowest BCUT2D eigenvalue weighted by atomic mass is 9.87. The van der Waals surface area contributed by atoms with Crippen molar-refractivity contribution in [3.05, 3.63) is 69.8 Å². The second kappa shape index (κ2) is 7.42. The van der Waals surface area contributed by atoms with Gasteiger partial charge in [-0.05, 0) is 66.1 Å². The van der Waals surface area contributed by atoms with Gasteiger partial charge < -0.3 is 0 Å². The van der Waals surface area contributed by atoms with Gasteiger partial charge >= 0.3 is 0 Å². The molecule has 0 N–H and O–H groups in total. The van der Waals surface area contributed by atoms with Crippen LogP contribution < -0.4 is 0 Å². The van der Waals surface area contributed by atoms with E-state index in [-0.39, 0.29) is 24.0 Å². The van der Waals surface area contributed by atoms with Crippen molar-refractivity contribution < 1.29 is 17.6 Å². The van der Waals surface area contributed by atoms with Gasteiger partial charge in [-0.2, -0.15) is 0 Å². The summed E-state index contributed by atoms with van der Waals surface area (Å²) in [5.41, 5.74) is 1.81. The largest absolute Gasteiger partial charge is 0.206 e. The molecule has 0 aromatic heterocycles. The average Bonchev–Trinajstić information content (AvgIpc) is 2.58. The van der Waals surface area contributed by atoms with Gasteiger partial charge in [0.25, 0.3) is 0 Å². The maximum atomic E-state index is 14.5. The van der Waals surface area contributed by atoms with E-state index in [1.807, 2.05) is 0 Å². The van der Waals surface area contributed by atoms with Crippen LogP contribution in [0, 0.1) is 23.3 Å². The lowest BCUT2D eigenvalue weighted by molar-refractivity contribution is 0.498. The number of hydrogen-bond donors (Lipinski definition) is 0. The highest BCUT2D eigenvalue weighted by Crippen LogP contribution is 2.35. The molecule has 0 aliphatic heterocycles. The van der Waals surface area contributed by atoms with Crippen LogP contribution in [-0.4, -0.2) is 0 Å². The highest BCUT2D eigenvalue weighted by Gasteiger charge is 2.22. The van der Waals surface area contributed by atoms with Gasteiger partial charge in [0.1, 0.15) is 11.6 Å². The normalized spacial score (nSPS) is 13.6. The first-order chi connectivity index (χ1) is 12.0. The number of fused-ring (bicyclic) bond motifs is 1. The number of unbranched alkanes of at least 4 members (excludes halogenated alkanes) is 2. The maximum Gasteiger partial charge on any atom is 0.162 e. The molecule has 0 saturated carbocycles. The molecule has 0 unspecified atom stereocenters. The van der Waals surface area contributed by atoms with E-state index in [1.165, 1.54) is 18.2 Å². The van der Waals surface area contributed by atoms with Gasteiger partial charge in [-0.15, -0.1) is 0 Å².